The number of aliphatic hydroxyl groups excluding tert-OH is 2. The van der Waals surface area contributed by atoms with Gasteiger partial charge in [0.05, 0.1) is 0 Å². The number of fused-ring (bicyclic) bond motifs is 1. The summed E-state index contributed by atoms with van der Waals surface area (Å²) in [5.74, 6) is -0.439. The third kappa shape index (κ3) is 2.35. The van der Waals surface area contributed by atoms with Gasteiger partial charge in [-0.15, -0.1) is 0 Å². The SMILES string of the molecule is CC(=O)[C@H](O)[C@@H](O)c1ccc2ccccc2c1. The van der Waals surface area contributed by atoms with E-state index in [1.165, 1.54) is 6.92 Å². The van der Waals surface area contributed by atoms with Crippen LogP contribution in [0.4, 0.5) is 0 Å². The van der Waals surface area contributed by atoms with Crippen LogP contribution in [-0.2, 0) is 4.79 Å². The molecule has 88 valence electrons. The second kappa shape index (κ2) is 4.65. The first-order chi connectivity index (χ1) is 8.09. The van der Waals surface area contributed by atoms with Crippen LogP contribution in [0.3, 0.4) is 0 Å². The minimum Gasteiger partial charge on any atom is -0.385 e. The van der Waals surface area contributed by atoms with E-state index in [0.717, 1.165) is 10.8 Å². The van der Waals surface area contributed by atoms with Crippen molar-refractivity contribution in [2.24, 2.45) is 0 Å². The van der Waals surface area contributed by atoms with Gasteiger partial charge in [0.1, 0.15) is 12.2 Å². The fourth-order valence-electron chi connectivity index (χ4n) is 1.80. The predicted octanol–water partition coefficient (Wildman–Crippen LogP) is 1.82. The maximum atomic E-state index is 11.0. The monoisotopic (exact) mass is 230 g/mol. The topological polar surface area (TPSA) is 57.5 Å². The van der Waals surface area contributed by atoms with E-state index >= 15 is 0 Å². The van der Waals surface area contributed by atoms with Crippen LogP contribution in [0.5, 0.6) is 0 Å². The summed E-state index contributed by atoms with van der Waals surface area (Å²) in [4.78, 5) is 11.0. The zero-order chi connectivity index (χ0) is 12.4. The van der Waals surface area contributed by atoms with E-state index in [4.69, 9.17) is 0 Å². The third-order valence-corrected chi connectivity index (χ3v) is 2.83. The molecule has 0 aliphatic carbocycles. The van der Waals surface area contributed by atoms with Gasteiger partial charge in [0.2, 0.25) is 0 Å². The molecule has 0 heterocycles. The number of carbonyl (C=O) groups excluding carboxylic acids is 1. The molecular formula is C14H14O3. The quantitative estimate of drug-likeness (QED) is 0.845. The first-order valence-corrected chi connectivity index (χ1v) is 5.45. The Morgan fingerprint density at radius 1 is 1.06 bits per heavy atom. The van der Waals surface area contributed by atoms with Crippen molar-refractivity contribution < 1.29 is 15.0 Å². The molecule has 3 nitrogen and oxygen atoms in total. The molecule has 2 aromatic rings. The number of ketones is 1. The van der Waals surface area contributed by atoms with Crippen molar-refractivity contribution in [1.29, 1.82) is 0 Å². The number of rotatable bonds is 3. The number of hydrogen-bond donors (Lipinski definition) is 2. The fraction of sp³-hybridized carbons (Fsp3) is 0.214. The van der Waals surface area contributed by atoms with E-state index in [-0.39, 0.29) is 0 Å². The van der Waals surface area contributed by atoms with E-state index in [9.17, 15) is 15.0 Å². The van der Waals surface area contributed by atoms with Crippen molar-refractivity contribution in [2.75, 3.05) is 0 Å². The van der Waals surface area contributed by atoms with Crippen LogP contribution < -0.4 is 0 Å². The molecule has 0 saturated carbocycles. The smallest absolute Gasteiger partial charge is 0.161 e. The lowest BCUT2D eigenvalue weighted by Gasteiger charge is -2.16. The summed E-state index contributed by atoms with van der Waals surface area (Å²) in [6, 6.07) is 13.1. The average Bonchev–Trinajstić information content (AvgIpc) is 2.36. The summed E-state index contributed by atoms with van der Waals surface area (Å²) < 4.78 is 0. The normalized spacial score (nSPS) is 14.5. The Morgan fingerprint density at radius 3 is 2.35 bits per heavy atom. The molecule has 2 N–H and O–H groups in total. The molecule has 0 radical (unpaired) electrons. The standard InChI is InChI=1S/C14H14O3/c1-9(15)13(16)14(17)12-7-6-10-4-2-3-5-11(10)8-12/h2-8,13-14,16-17H,1H3/t13-,14-/m0/s1. The van der Waals surface area contributed by atoms with Gasteiger partial charge in [0.15, 0.2) is 5.78 Å². The first-order valence-electron chi connectivity index (χ1n) is 5.45. The lowest BCUT2D eigenvalue weighted by molar-refractivity contribution is -0.130. The van der Waals surface area contributed by atoms with Crippen LogP contribution in [0.1, 0.15) is 18.6 Å². The van der Waals surface area contributed by atoms with E-state index in [0.29, 0.717) is 5.56 Å². The van der Waals surface area contributed by atoms with Gasteiger partial charge in [0.25, 0.3) is 0 Å². The predicted molar refractivity (Wildman–Crippen MR) is 65.6 cm³/mol. The minimum absolute atomic E-state index is 0.439. The number of carbonyl (C=O) groups is 1. The van der Waals surface area contributed by atoms with Crippen LogP contribution in [-0.4, -0.2) is 22.1 Å². The summed E-state index contributed by atoms with van der Waals surface area (Å²) in [5, 5.41) is 21.4. The van der Waals surface area contributed by atoms with Crippen LogP contribution in [0.25, 0.3) is 10.8 Å². The van der Waals surface area contributed by atoms with Crippen molar-refractivity contribution in [3.63, 3.8) is 0 Å². The van der Waals surface area contributed by atoms with Crippen molar-refractivity contribution in [1.82, 2.24) is 0 Å². The van der Waals surface area contributed by atoms with Gasteiger partial charge in [-0.25, -0.2) is 0 Å². The maximum absolute atomic E-state index is 11.0. The Bertz CT molecular complexity index is 548. The molecule has 0 aliphatic rings. The maximum Gasteiger partial charge on any atom is 0.161 e. The van der Waals surface area contributed by atoms with Crippen LogP contribution >= 0.6 is 0 Å². The fourth-order valence-corrected chi connectivity index (χ4v) is 1.80. The minimum atomic E-state index is -1.36. The molecule has 0 aromatic heterocycles. The highest BCUT2D eigenvalue weighted by Gasteiger charge is 2.22. The summed E-state index contributed by atoms with van der Waals surface area (Å²) >= 11 is 0. The summed E-state index contributed by atoms with van der Waals surface area (Å²) in [6.45, 7) is 1.26. The zero-order valence-corrected chi connectivity index (χ0v) is 9.50. The van der Waals surface area contributed by atoms with Crippen LogP contribution in [0, 0.1) is 0 Å². The molecule has 0 spiro atoms. The third-order valence-electron chi connectivity index (χ3n) is 2.83. The van der Waals surface area contributed by atoms with Gasteiger partial charge < -0.3 is 10.2 Å². The molecule has 2 aromatic carbocycles. The largest absolute Gasteiger partial charge is 0.385 e. The molecular weight excluding hydrogens is 216 g/mol. The Morgan fingerprint density at radius 2 is 1.71 bits per heavy atom. The molecule has 17 heavy (non-hydrogen) atoms. The summed E-state index contributed by atoms with van der Waals surface area (Å²) in [6.07, 6.45) is -2.53. The Balaban J connectivity index is 2.39. The summed E-state index contributed by atoms with van der Waals surface area (Å²) in [7, 11) is 0. The van der Waals surface area contributed by atoms with Gasteiger partial charge in [0, 0.05) is 0 Å². The van der Waals surface area contributed by atoms with Crippen molar-refractivity contribution in [3.8, 4) is 0 Å². The zero-order valence-electron chi connectivity index (χ0n) is 9.50. The Kier molecular flexibility index (Phi) is 3.22. The first kappa shape index (κ1) is 11.8. The van der Waals surface area contributed by atoms with Crippen molar-refractivity contribution in [3.05, 3.63) is 48.0 Å². The van der Waals surface area contributed by atoms with Crippen LogP contribution in [0.2, 0.25) is 0 Å². The van der Waals surface area contributed by atoms with E-state index in [2.05, 4.69) is 0 Å². The van der Waals surface area contributed by atoms with Gasteiger partial charge in [-0.1, -0.05) is 36.4 Å². The molecule has 3 heteroatoms. The average molecular weight is 230 g/mol. The second-order valence-corrected chi connectivity index (χ2v) is 4.11. The molecule has 0 saturated heterocycles. The molecule has 0 fully saturated rings. The number of benzene rings is 2. The molecule has 0 amide bonds. The van der Waals surface area contributed by atoms with Crippen molar-refractivity contribution in [2.45, 2.75) is 19.1 Å². The van der Waals surface area contributed by atoms with Crippen molar-refractivity contribution >= 4 is 16.6 Å². The molecule has 0 aliphatic heterocycles. The highest BCUT2D eigenvalue weighted by molar-refractivity contribution is 5.84. The lowest BCUT2D eigenvalue weighted by atomic mass is 9.99. The number of hydrogen-bond acceptors (Lipinski definition) is 3. The van der Waals surface area contributed by atoms with Crippen LogP contribution in [0.15, 0.2) is 42.5 Å². The Hall–Kier alpha value is -1.71. The molecule has 0 unspecified atom stereocenters. The molecule has 0 bridgehead atoms. The Labute approximate surface area is 99.3 Å². The van der Waals surface area contributed by atoms with Gasteiger partial charge in [-0.3, -0.25) is 4.79 Å². The highest BCUT2D eigenvalue weighted by Crippen LogP contribution is 2.22. The van der Waals surface area contributed by atoms with Gasteiger partial charge in [-0.05, 0) is 29.3 Å². The molecule has 2 atom stereocenters. The van der Waals surface area contributed by atoms with Gasteiger partial charge in [-0.2, -0.15) is 0 Å². The summed E-state index contributed by atoms with van der Waals surface area (Å²) in [5.41, 5.74) is 0.548. The number of Topliss-reactive ketones (excluding diaryl/α,β-unsaturated/α-hetero) is 1. The second-order valence-electron chi connectivity index (χ2n) is 4.11. The van der Waals surface area contributed by atoms with E-state index in [1.807, 2.05) is 30.3 Å². The lowest BCUT2D eigenvalue weighted by Crippen LogP contribution is -2.25. The number of aliphatic hydroxyl groups is 2. The van der Waals surface area contributed by atoms with Gasteiger partial charge >= 0.3 is 0 Å². The molecule has 2 rings (SSSR count). The van der Waals surface area contributed by atoms with E-state index < -0.39 is 18.0 Å². The van der Waals surface area contributed by atoms with E-state index in [1.54, 1.807) is 12.1 Å². The highest BCUT2D eigenvalue weighted by atomic mass is 16.3.